The summed E-state index contributed by atoms with van der Waals surface area (Å²) >= 11 is 0. The second-order valence-electron chi connectivity index (χ2n) is 9.50. The van der Waals surface area contributed by atoms with E-state index in [-0.39, 0.29) is 11.2 Å². The molecule has 0 amide bonds. The highest BCUT2D eigenvalue weighted by Crippen LogP contribution is 2.37. The molecule has 2 heterocycles. The first-order chi connectivity index (χ1) is 13.2. The molecule has 4 N–H and O–H groups in total. The molecule has 0 aromatic carbocycles. The molecule has 29 heavy (non-hydrogen) atoms. The van der Waals surface area contributed by atoms with Gasteiger partial charge >= 0.3 is 11.7 Å². The fourth-order valence-corrected chi connectivity index (χ4v) is 3.67. The van der Waals surface area contributed by atoms with Gasteiger partial charge in [0, 0.05) is 12.3 Å². The van der Waals surface area contributed by atoms with E-state index in [1.54, 1.807) is 13.8 Å². The van der Waals surface area contributed by atoms with Crippen LogP contribution in [0, 0.1) is 10.8 Å². The number of anilines is 1. The maximum atomic E-state index is 12.4. The van der Waals surface area contributed by atoms with Gasteiger partial charge in [0.2, 0.25) is 0 Å². The van der Waals surface area contributed by atoms with Crippen LogP contribution in [-0.4, -0.2) is 55.3 Å². The standard InChI is InChI=1S/C19H31N3O7/c1-17(2,3)10-18(4,5)15(25)29-21-12-7-8-22(16(26)20-12)14-19(6,27)13(24)11(9-23)28-14/h7-8,11,13-14,23-24,27H,9-10H2,1-6H3,(H,20,21,26)/t11?,13-,14+,19?/m0/s1. The van der Waals surface area contributed by atoms with Crippen LogP contribution in [0.25, 0.3) is 0 Å². The van der Waals surface area contributed by atoms with E-state index < -0.39 is 47.7 Å². The third-order valence-corrected chi connectivity index (χ3v) is 4.79. The first kappa shape index (κ1) is 23.3. The Labute approximate surface area is 169 Å². The van der Waals surface area contributed by atoms with Gasteiger partial charge in [-0.3, -0.25) is 4.57 Å². The summed E-state index contributed by atoms with van der Waals surface area (Å²) in [6.07, 6.45) is -1.77. The van der Waals surface area contributed by atoms with Gasteiger partial charge in [-0.25, -0.2) is 15.1 Å². The van der Waals surface area contributed by atoms with E-state index in [1.165, 1.54) is 19.2 Å². The van der Waals surface area contributed by atoms with Crippen molar-refractivity contribution in [3.63, 3.8) is 0 Å². The van der Waals surface area contributed by atoms with E-state index in [9.17, 15) is 24.9 Å². The Balaban J connectivity index is 2.11. The van der Waals surface area contributed by atoms with Gasteiger partial charge in [0.1, 0.15) is 17.8 Å². The zero-order chi connectivity index (χ0) is 22.2. The molecule has 1 aromatic heterocycles. The van der Waals surface area contributed by atoms with Crippen LogP contribution in [0.15, 0.2) is 17.1 Å². The minimum absolute atomic E-state index is 0.00283. The molecular weight excluding hydrogens is 382 g/mol. The summed E-state index contributed by atoms with van der Waals surface area (Å²) in [5, 5.41) is 29.8. The summed E-state index contributed by atoms with van der Waals surface area (Å²) < 4.78 is 6.40. The first-order valence-corrected chi connectivity index (χ1v) is 9.42. The number of nitrogens with zero attached hydrogens (tertiary/aromatic N) is 2. The molecule has 164 valence electrons. The van der Waals surface area contributed by atoms with Crippen LogP contribution >= 0.6 is 0 Å². The fraction of sp³-hybridized carbons (Fsp3) is 0.737. The molecule has 10 nitrogen and oxygen atoms in total. The van der Waals surface area contributed by atoms with E-state index in [0.717, 1.165) is 4.57 Å². The fourth-order valence-electron chi connectivity index (χ4n) is 3.67. The van der Waals surface area contributed by atoms with Gasteiger partial charge in [0.05, 0.1) is 12.0 Å². The number of aliphatic hydroxyl groups excluding tert-OH is 2. The molecule has 2 unspecified atom stereocenters. The number of carbonyl (C=O) groups excluding carboxylic acids is 1. The van der Waals surface area contributed by atoms with Crippen LogP contribution in [0.5, 0.6) is 0 Å². The van der Waals surface area contributed by atoms with Gasteiger partial charge < -0.3 is 24.9 Å². The van der Waals surface area contributed by atoms with Crippen molar-refractivity contribution in [3.8, 4) is 0 Å². The van der Waals surface area contributed by atoms with Crippen LogP contribution < -0.4 is 11.2 Å². The molecule has 0 aliphatic carbocycles. The quantitative estimate of drug-likeness (QED) is 0.492. The maximum Gasteiger partial charge on any atom is 0.351 e. The van der Waals surface area contributed by atoms with Gasteiger partial charge in [-0.15, -0.1) is 0 Å². The predicted octanol–water partition coefficient (Wildman–Crippen LogP) is 0.577. The minimum atomic E-state index is -1.81. The van der Waals surface area contributed by atoms with E-state index >= 15 is 0 Å². The van der Waals surface area contributed by atoms with Crippen molar-refractivity contribution < 1.29 is 29.7 Å². The van der Waals surface area contributed by atoms with E-state index in [4.69, 9.17) is 9.57 Å². The topological polar surface area (TPSA) is 143 Å². The number of nitrogens with one attached hydrogen (secondary N) is 1. The third-order valence-electron chi connectivity index (χ3n) is 4.79. The van der Waals surface area contributed by atoms with E-state index in [0.29, 0.717) is 6.42 Å². The number of aliphatic hydroxyl groups is 3. The molecule has 1 fully saturated rings. The minimum Gasteiger partial charge on any atom is -0.394 e. The van der Waals surface area contributed by atoms with Crippen LogP contribution in [0.4, 0.5) is 5.82 Å². The second-order valence-corrected chi connectivity index (χ2v) is 9.50. The molecule has 10 heteroatoms. The third kappa shape index (κ3) is 5.13. The highest BCUT2D eigenvalue weighted by molar-refractivity contribution is 5.76. The Kier molecular flexibility index (Phi) is 6.43. The summed E-state index contributed by atoms with van der Waals surface area (Å²) in [5.74, 6) is -0.488. The summed E-state index contributed by atoms with van der Waals surface area (Å²) in [7, 11) is 0. The molecule has 1 aliphatic rings. The molecule has 1 aliphatic heterocycles. The van der Waals surface area contributed by atoms with Crippen molar-refractivity contribution in [2.24, 2.45) is 10.8 Å². The molecule has 4 atom stereocenters. The monoisotopic (exact) mass is 413 g/mol. The Morgan fingerprint density at radius 3 is 2.48 bits per heavy atom. The van der Waals surface area contributed by atoms with Crippen LogP contribution in [0.2, 0.25) is 0 Å². The van der Waals surface area contributed by atoms with Crippen molar-refractivity contribution in [3.05, 3.63) is 22.7 Å². The zero-order valence-electron chi connectivity index (χ0n) is 17.7. The Morgan fingerprint density at radius 2 is 2.00 bits per heavy atom. The number of aromatic nitrogens is 2. The lowest BCUT2D eigenvalue weighted by molar-refractivity contribution is -0.152. The normalized spacial score (nSPS) is 27.7. The second kappa shape index (κ2) is 8.02. The summed E-state index contributed by atoms with van der Waals surface area (Å²) in [4.78, 5) is 33.6. The average Bonchev–Trinajstić information content (AvgIpc) is 2.80. The summed E-state index contributed by atoms with van der Waals surface area (Å²) in [6.45, 7) is 10.4. The summed E-state index contributed by atoms with van der Waals surface area (Å²) in [6, 6.07) is 1.36. The van der Waals surface area contributed by atoms with Crippen molar-refractivity contribution in [1.29, 1.82) is 0 Å². The van der Waals surface area contributed by atoms with Crippen molar-refractivity contribution >= 4 is 11.8 Å². The number of rotatable bonds is 6. The van der Waals surface area contributed by atoms with Gasteiger partial charge in [0.15, 0.2) is 12.0 Å². The van der Waals surface area contributed by atoms with Crippen molar-refractivity contribution in [1.82, 2.24) is 9.55 Å². The molecule has 2 rings (SSSR count). The molecule has 1 aromatic rings. The Morgan fingerprint density at radius 1 is 1.38 bits per heavy atom. The smallest absolute Gasteiger partial charge is 0.351 e. The van der Waals surface area contributed by atoms with E-state index in [1.807, 2.05) is 20.8 Å². The van der Waals surface area contributed by atoms with Gasteiger partial charge in [-0.05, 0) is 32.6 Å². The first-order valence-electron chi connectivity index (χ1n) is 9.42. The van der Waals surface area contributed by atoms with Crippen molar-refractivity contribution in [2.75, 3.05) is 12.1 Å². The Hall–Kier alpha value is -2.01. The van der Waals surface area contributed by atoms with Gasteiger partial charge in [-0.2, -0.15) is 4.98 Å². The molecule has 0 saturated carbocycles. The van der Waals surface area contributed by atoms with Crippen LogP contribution in [0.1, 0.15) is 54.2 Å². The van der Waals surface area contributed by atoms with Crippen LogP contribution in [-0.2, 0) is 14.4 Å². The van der Waals surface area contributed by atoms with Crippen LogP contribution in [0.3, 0.4) is 0 Å². The lowest BCUT2D eigenvalue weighted by Gasteiger charge is -2.30. The lowest BCUT2D eigenvalue weighted by Crippen LogP contribution is -2.46. The van der Waals surface area contributed by atoms with E-state index in [2.05, 4.69) is 10.5 Å². The summed E-state index contributed by atoms with van der Waals surface area (Å²) in [5.41, 5.74) is -1.04. The Bertz CT molecular complexity index is 798. The number of ether oxygens (including phenoxy) is 1. The van der Waals surface area contributed by atoms with Crippen molar-refractivity contribution in [2.45, 2.75) is 72.0 Å². The SMILES string of the molecule is CC(C)(C)CC(C)(C)C(=O)ONc1ccn([C@@H]2OC(CO)[C@H](O)C2(C)O)c(=O)n1. The molecule has 0 bridgehead atoms. The highest BCUT2D eigenvalue weighted by atomic mass is 16.7. The predicted molar refractivity (Wildman–Crippen MR) is 104 cm³/mol. The zero-order valence-corrected chi connectivity index (χ0v) is 17.7. The molecule has 0 radical (unpaired) electrons. The average molecular weight is 413 g/mol. The number of hydrogen-bond acceptors (Lipinski definition) is 9. The number of hydrogen-bond donors (Lipinski definition) is 4. The van der Waals surface area contributed by atoms with Gasteiger partial charge in [-0.1, -0.05) is 20.8 Å². The maximum absolute atomic E-state index is 12.4. The highest BCUT2D eigenvalue weighted by Gasteiger charge is 2.53. The largest absolute Gasteiger partial charge is 0.394 e. The molecule has 0 spiro atoms. The number of carbonyl (C=O) groups is 1. The molecule has 1 saturated heterocycles. The molecular formula is C19H31N3O7. The van der Waals surface area contributed by atoms with Gasteiger partial charge in [0.25, 0.3) is 0 Å². The lowest BCUT2D eigenvalue weighted by atomic mass is 9.76.